The second-order valence-electron chi connectivity index (χ2n) is 3.81. The highest BCUT2D eigenvalue weighted by atomic mass is 19.4. The fourth-order valence-corrected chi connectivity index (χ4v) is 0.980. The number of hydrogen-bond acceptors (Lipinski definition) is 4. The summed E-state index contributed by atoms with van der Waals surface area (Å²) in [5.74, 6) is -1.29. The summed E-state index contributed by atoms with van der Waals surface area (Å²) in [6.07, 6.45) is -4.26. The van der Waals surface area contributed by atoms with E-state index in [4.69, 9.17) is 9.84 Å². The quantitative estimate of drug-likeness (QED) is 0.793. The molecule has 0 fully saturated rings. The maximum atomic E-state index is 12.3. The Labute approximate surface area is 95.0 Å². The molecule has 1 heterocycles. The molecule has 1 aliphatic rings. The summed E-state index contributed by atoms with van der Waals surface area (Å²) in [4.78, 5) is 14.3. The van der Waals surface area contributed by atoms with Gasteiger partial charge in [-0.15, -0.1) is 0 Å². The highest BCUT2D eigenvalue weighted by molar-refractivity contribution is 5.76. The molecule has 0 radical (unpaired) electrons. The third-order valence-electron chi connectivity index (χ3n) is 1.97. The van der Waals surface area contributed by atoms with Crippen LogP contribution in [0.3, 0.4) is 0 Å². The second-order valence-corrected chi connectivity index (χ2v) is 3.81. The van der Waals surface area contributed by atoms with Crippen LogP contribution in [0.1, 0.15) is 13.8 Å². The molecule has 0 bridgehead atoms. The molecule has 0 saturated carbocycles. The van der Waals surface area contributed by atoms with E-state index in [1.165, 1.54) is 13.8 Å². The Bertz CT molecular complexity index is 374. The number of carboxylic acids is 1. The van der Waals surface area contributed by atoms with Gasteiger partial charge in [0.05, 0.1) is 0 Å². The van der Waals surface area contributed by atoms with Crippen molar-refractivity contribution in [1.82, 2.24) is 5.32 Å². The number of carboxylic acid groups (broad SMARTS) is 1. The number of aliphatic carboxylic acids is 1. The van der Waals surface area contributed by atoms with Crippen LogP contribution in [0.5, 0.6) is 0 Å². The van der Waals surface area contributed by atoms with Crippen LogP contribution >= 0.6 is 0 Å². The Kier molecular flexibility index (Phi) is 3.46. The fraction of sp³-hybridized carbons (Fsp3) is 0.556. The number of hydrogen-bond donors (Lipinski definition) is 2. The van der Waals surface area contributed by atoms with Gasteiger partial charge in [-0.2, -0.15) is 13.2 Å². The number of carbonyl (C=O) groups is 1. The molecule has 1 rings (SSSR count). The van der Waals surface area contributed by atoms with Crippen LogP contribution in [0.4, 0.5) is 13.2 Å². The number of nitrogens with one attached hydrogen (secondary N) is 1. The van der Waals surface area contributed by atoms with Gasteiger partial charge in [0.15, 0.2) is 5.60 Å². The summed E-state index contributed by atoms with van der Waals surface area (Å²) in [5.41, 5.74) is -2.66. The van der Waals surface area contributed by atoms with Gasteiger partial charge in [0.1, 0.15) is 5.70 Å². The van der Waals surface area contributed by atoms with Gasteiger partial charge >= 0.3 is 12.1 Å². The summed E-state index contributed by atoms with van der Waals surface area (Å²) in [6.45, 7) is 2.44. The summed E-state index contributed by atoms with van der Waals surface area (Å²) >= 11 is 0. The van der Waals surface area contributed by atoms with E-state index in [0.717, 1.165) is 12.3 Å². The van der Waals surface area contributed by atoms with Crippen molar-refractivity contribution in [2.45, 2.75) is 32.0 Å². The van der Waals surface area contributed by atoms with E-state index in [0.29, 0.717) is 0 Å². The molecule has 8 heteroatoms. The van der Waals surface area contributed by atoms with Gasteiger partial charge < -0.3 is 15.2 Å². The van der Waals surface area contributed by atoms with Gasteiger partial charge in [0.25, 0.3) is 0 Å². The van der Waals surface area contributed by atoms with Crippen molar-refractivity contribution in [3.63, 3.8) is 0 Å². The first kappa shape index (κ1) is 13.5. The number of allylic oxidation sites excluding steroid dienone is 2. The highest BCUT2D eigenvalue weighted by Crippen LogP contribution is 2.25. The molecular weight excluding hydrogens is 241 g/mol. The Morgan fingerprint density at radius 1 is 1.53 bits per heavy atom. The lowest BCUT2D eigenvalue weighted by Crippen LogP contribution is -2.45. The summed E-state index contributed by atoms with van der Waals surface area (Å²) in [5, 5.41) is 10.7. The molecule has 0 aromatic heterocycles. The average molecular weight is 252 g/mol. The predicted molar refractivity (Wildman–Crippen MR) is 52.4 cm³/mol. The normalized spacial score (nSPS) is 20.8. The summed E-state index contributed by atoms with van der Waals surface area (Å²) < 4.78 is 41.9. The third-order valence-corrected chi connectivity index (χ3v) is 1.97. The highest BCUT2D eigenvalue weighted by Gasteiger charge is 2.38. The molecule has 1 atom stereocenters. The summed E-state index contributed by atoms with van der Waals surface area (Å²) in [7, 11) is 0. The van der Waals surface area contributed by atoms with E-state index in [1.807, 2.05) is 5.32 Å². The SMILES string of the molecule is CC(C)(OC1N=CC=C(C(F)(F)F)N1)C(=O)O. The van der Waals surface area contributed by atoms with Gasteiger partial charge in [0, 0.05) is 6.21 Å². The number of halogens is 3. The van der Waals surface area contributed by atoms with Crippen molar-refractivity contribution in [3.05, 3.63) is 11.8 Å². The van der Waals surface area contributed by atoms with Crippen LogP contribution in [0, 0.1) is 0 Å². The van der Waals surface area contributed by atoms with Crippen LogP contribution in [0.2, 0.25) is 0 Å². The molecule has 0 spiro atoms. The van der Waals surface area contributed by atoms with Gasteiger partial charge in [-0.3, -0.25) is 0 Å². The molecule has 96 valence electrons. The first-order valence-corrected chi connectivity index (χ1v) is 4.61. The summed E-state index contributed by atoms with van der Waals surface area (Å²) in [6, 6.07) is 0. The van der Waals surface area contributed by atoms with Gasteiger partial charge in [0.2, 0.25) is 6.35 Å². The lowest BCUT2D eigenvalue weighted by molar-refractivity contribution is -0.171. The smallest absolute Gasteiger partial charge is 0.431 e. The fourth-order valence-electron chi connectivity index (χ4n) is 0.980. The zero-order chi connectivity index (χ0) is 13.3. The molecule has 0 aromatic carbocycles. The van der Waals surface area contributed by atoms with Gasteiger partial charge in [-0.05, 0) is 19.9 Å². The van der Waals surface area contributed by atoms with E-state index >= 15 is 0 Å². The molecule has 0 aromatic rings. The van der Waals surface area contributed by atoms with Gasteiger partial charge in [-0.1, -0.05) is 0 Å². The minimum absolute atomic E-state index is 0.744. The first-order chi connectivity index (χ1) is 7.63. The van der Waals surface area contributed by atoms with Crippen molar-refractivity contribution in [2.75, 3.05) is 0 Å². The van der Waals surface area contributed by atoms with E-state index in [1.54, 1.807) is 0 Å². The molecule has 1 aliphatic heterocycles. The lowest BCUT2D eigenvalue weighted by atomic mass is 10.1. The second kappa shape index (κ2) is 4.36. The largest absolute Gasteiger partial charge is 0.479 e. The van der Waals surface area contributed by atoms with Crippen LogP contribution < -0.4 is 5.32 Å². The van der Waals surface area contributed by atoms with Crippen molar-refractivity contribution in [2.24, 2.45) is 4.99 Å². The molecular formula is C9H11F3N2O3. The minimum Gasteiger partial charge on any atom is -0.479 e. The molecule has 0 aliphatic carbocycles. The number of alkyl halides is 3. The van der Waals surface area contributed by atoms with Crippen molar-refractivity contribution in [3.8, 4) is 0 Å². The maximum absolute atomic E-state index is 12.3. The van der Waals surface area contributed by atoms with Crippen molar-refractivity contribution in [1.29, 1.82) is 0 Å². The molecule has 0 saturated heterocycles. The van der Waals surface area contributed by atoms with Crippen molar-refractivity contribution >= 4 is 12.2 Å². The van der Waals surface area contributed by atoms with E-state index in [9.17, 15) is 18.0 Å². The zero-order valence-corrected chi connectivity index (χ0v) is 9.08. The zero-order valence-electron chi connectivity index (χ0n) is 9.08. The number of aliphatic imine (C=N–C) groups is 1. The van der Waals surface area contributed by atoms with Crippen LogP contribution in [0.15, 0.2) is 16.8 Å². The van der Waals surface area contributed by atoms with Gasteiger partial charge in [-0.25, -0.2) is 9.79 Å². The first-order valence-electron chi connectivity index (χ1n) is 4.61. The third kappa shape index (κ3) is 3.45. The molecule has 17 heavy (non-hydrogen) atoms. The molecule has 5 nitrogen and oxygen atoms in total. The monoisotopic (exact) mass is 252 g/mol. The number of rotatable bonds is 3. The van der Waals surface area contributed by atoms with E-state index in [2.05, 4.69) is 4.99 Å². The van der Waals surface area contributed by atoms with Crippen LogP contribution in [-0.4, -0.2) is 35.4 Å². The van der Waals surface area contributed by atoms with Crippen molar-refractivity contribution < 1.29 is 27.8 Å². The molecule has 0 amide bonds. The molecule has 2 N–H and O–H groups in total. The number of nitrogens with zero attached hydrogens (tertiary/aromatic N) is 1. The minimum atomic E-state index is -4.55. The Balaban J connectivity index is 2.71. The molecule has 1 unspecified atom stereocenters. The maximum Gasteiger partial charge on any atom is 0.431 e. The topological polar surface area (TPSA) is 70.9 Å². The number of ether oxygens (including phenoxy) is 1. The average Bonchev–Trinajstić information content (AvgIpc) is 2.15. The Hall–Kier alpha value is -1.57. The Morgan fingerprint density at radius 3 is 2.59 bits per heavy atom. The predicted octanol–water partition coefficient (Wildman–Crippen LogP) is 1.27. The standard InChI is InChI=1S/C9H11F3N2O3/c1-8(2,6(15)16)17-7-13-4-3-5(14-7)9(10,11)12/h3-4,7,14H,1-2H3,(H,15,16). The van der Waals surface area contributed by atoms with E-state index < -0.39 is 29.8 Å². The Morgan fingerprint density at radius 2 is 2.12 bits per heavy atom. The van der Waals surface area contributed by atoms with Crippen LogP contribution in [-0.2, 0) is 9.53 Å². The lowest BCUT2D eigenvalue weighted by Gasteiger charge is -2.28. The van der Waals surface area contributed by atoms with Crippen LogP contribution in [0.25, 0.3) is 0 Å². The van der Waals surface area contributed by atoms with E-state index in [-0.39, 0.29) is 0 Å².